The van der Waals surface area contributed by atoms with Crippen LogP contribution in [-0.4, -0.2) is 16.8 Å². The van der Waals surface area contributed by atoms with Gasteiger partial charge in [0.2, 0.25) is 0 Å². The Balaban J connectivity index is 1.96. The number of thioether (sulfide) groups is 1. The number of aliphatic imine (C=N–C) groups is 1. The third-order valence-corrected chi connectivity index (χ3v) is 3.75. The molecule has 1 aliphatic carbocycles. The topological polar surface area (TPSA) is 12.4 Å². The fourth-order valence-corrected chi connectivity index (χ4v) is 2.88. The zero-order valence-electron chi connectivity index (χ0n) is 7.66. The molecule has 2 aliphatic rings. The summed E-state index contributed by atoms with van der Waals surface area (Å²) in [6, 6.07) is 0.475. The average Bonchev–Trinajstić information content (AvgIpc) is 2.62. The lowest BCUT2D eigenvalue weighted by atomic mass is 10.3. The molecule has 66 valence electrons. The Hall–Kier alpha value is -0.240. The number of hydrogen-bond acceptors (Lipinski definition) is 2. The summed E-state index contributed by atoms with van der Waals surface area (Å²) in [4.78, 5) is 4.68. The molecule has 0 aromatic rings. The minimum Gasteiger partial charge on any atom is -0.274 e. The van der Waals surface area contributed by atoms with E-state index in [0.29, 0.717) is 6.04 Å². The summed E-state index contributed by atoms with van der Waals surface area (Å²) in [5, 5.41) is 1.42. The van der Waals surface area contributed by atoms with Gasteiger partial charge in [0.1, 0.15) is 0 Å². The molecule has 0 aromatic heterocycles. The molecule has 0 spiro atoms. The van der Waals surface area contributed by atoms with Crippen LogP contribution in [0.1, 0.15) is 20.3 Å². The number of allylic oxidation sites excluding steroid dienone is 1. The van der Waals surface area contributed by atoms with E-state index < -0.39 is 0 Å². The number of rotatable bonds is 2. The number of nitrogens with zero attached hydrogens (tertiary/aromatic N) is 1. The molecule has 0 radical (unpaired) electrons. The van der Waals surface area contributed by atoms with Crippen molar-refractivity contribution in [2.24, 2.45) is 16.8 Å². The lowest BCUT2D eigenvalue weighted by Crippen LogP contribution is -1.96. The predicted molar refractivity (Wildman–Crippen MR) is 55.8 cm³/mol. The summed E-state index contributed by atoms with van der Waals surface area (Å²) in [5.41, 5.74) is 0. The highest BCUT2D eigenvalue weighted by Gasteiger charge is 2.39. The second-order valence-electron chi connectivity index (χ2n) is 3.69. The number of hydrogen-bond donors (Lipinski definition) is 0. The van der Waals surface area contributed by atoms with Crippen molar-refractivity contribution in [3.8, 4) is 0 Å². The summed E-state index contributed by atoms with van der Waals surface area (Å²) in [6.45, 7) is 4.38. The first-order valence-corrected chi connectivity index (χ1v) is 5.63. The Bertz CT molecular complexity index is 232. The van der Waals surface area contributed by atoms with Gasteiger partial charge in [0, 0.05) is 11.7 Å². The van der Waals surface area contributed by atoms with Gasteiger partial charge in [0.15, 0.2) is 0 Å². The van der Waals surface area contributed by atoms with Crippen LogP contribution in [0, 0.1) is 11.8 Å². The third-order valence-electron chi connectivity index (χ3n) is 2.54. The Kier molecular flexibility index (Phi) is 2.26. The van der Waals surface area contributed by atoms with Gasteiger partial charge in [0.25, 0.3) is 0 Å². The molecule has 0 saturated heterocycles. The summed E-state index contributed by atoms with van der Waals surface area (Å²) in [7, 11) is 0. The van der Waals surface area contributed by atoms with E-state index in [4.69, 9.17) is 0 Å². The van der Waals surface area contributed by atoms with Crippen molar-refractivity contribution in [3.05, 3.63) is 12.2 Å². The fraction of sp³-hybridized carbons (Fsp3) is 0.700. The maximum atomic E-state index is 4.68. The van der Waals surface area contributed by atoms with Gasteiger partial charge < -0.3 is 0 Å². The van der Waals surface area contributed by atoms with Crippen LogP contribution in [-0.2, 0) is 0 Å². The summed E-state index contributed by atoms with van der Waals surface area (Å²) < 4.78 is 0. The van der Waals surface area contributed by atoms with Crippen LogP contribution in [0.5, 0.6) is 0 Å². The first kappa shape index (κ1) is 8.36. The average molecular weight is 181 g/mol. The second kappa shape index (κ2) is 3.25. The van der Waals surface area contributed by atoms with Crippen LogP contribution in [0.2, 0.25) is 0 Å². The highest BCUT2D eigenvalue weighted by Crippen LogP contribution is 2.44. The van der Waals surface area contributed by atoms with Crippen molar-refractivity contribution >= 4 is 16.8 Å². The van der Waals surface area contributed by atoms with Crippen LogP contribution >= 0.6 is 11.8 Å². The molecule has 12 heavy (non-hydrogen) atoms. The van der Waals surface area contributed by atoms with Crippen LogP contribution < -0.4 is 0 Å². The van der Waals surface area contributed by atoms with Gasteiger partial charge in [-0.3, -0.25) is 4.99 Å². The molecule has 2 rings (SSSR count). The molecule has 0 amide bonds. The Morgan fingerprint density at radius 1 is 1.58 bits per heavy atom. The van der Waals surface area contributed by atoms with Crippen molar-refractivity contribution in [1.82, 2.24) is 0 Å². The SMILES string of the molecule is C/C=C/[C@H]1CSC([C@H]2C[C@H]2C)=N1. The van der Waals surface area contributed by atoms with E-state index in [2.05, 4.69) is 31.0 Å². The van der Waals surface area contributed by atoms with E-state index in [9.17, 15) is 0 Å². The molecule has 2 heteroatoms. The van der Waals surface area contributed by atoms with Gasteiger partial charge in [-0.2, -0.15) is 0 Å². The molecule has 0 N–H and O–H groups in total. The summed E-state index contributed by atoms with van der Waals surface area (Å²) in [6.07, 6.45) is 5.68. The van der Waals surface area contributed by atoms with Gasteiger partial charge in [0.05, 0.1) is 11.1 Å². The zero-order valence-corrected chi connectivity index (χ0v) is 8.47. The third kappa shape index (κ3) is 1.58. The summed E-state index contributed by atoms with van der Waals surface area (Å²) in [5.74, 6) is 2.90. The van der Waals surface area contributed by atoms with Crippen molar-refractivity contribution in [1.29, 1.82) is 0 Å². The monoisotopic (exact) mass is 181 g/mol. The van der Waals surface area contributed by atoms with Crippen molar-refractivity contribution < 1.29 is 0 Å². The van der Waals surface area contributed by atoms with Crippen LogP contribution in [0.25, 0.3) is 0 Å². The summed E-state index contributed by atoms with van der Waals surface area (Å²) >= 11 is 1.96. The van der Waals surface area contributed by atoms with Crippen LogP contribution in [0.15, 0.2) is 17.1 Å². The lowest BCUT2D eigenvalue weighted by molar-refractivity contribution is 0.910. The molecule has 1 heterocycles. The largest absolute Gasteiger partial charge is 0.274 e. The highest BCUT2D eigenvalue weighted by atomic mass is 32.2. The first-order valence-electron chi connectivity index (χ1n) is 4.64. The first-order chi connectivity index (χ1) is 5.81. The maximum absolute atomic E-state index is 4.68. The molecule has 1 nitrogen and oxygen atoms in total. The molecule has 0 unspecified atom stereocenters. The molecular weight excluding hydrogens is 166 g/mol. The molecule has 1 aliphatic heterocycles. The zero-order chi connectivity index (χ0) is 8.55. The smallest absolute Gasteiger partial charge is 0.0783 e. The molecular formula is C10H15NS. The van der Waals surface area contributed by atoms with Gasteiger partial charge >= 0.3 is 0 Å². The Morgan fingerprint density at radius 2 is 2.33 bits per heavy atom. The fourth-order valence-electron chi connectivity index (χ4n) is 1.60. The molecule has 0 aromatic carbocycles. The van der Waals surface area contributed by atoms with Gasteiger partial charge in [-0.05, 0) is 19.3 Å². The van der Waals surface area contributed by atoms with E-state index in [1.54, 1.807) is 0 Å². The van der Waals surface area contributed by atoms with Crippen molar-refractivity contribution in [2.45, 2.75) is 26.3 Å². The van der Waals surface area contributed by atoms with Crippen LogP contribution in [0.3, 0.4) is 0 Å². The standard InChI is InChI=1S/C10H15NS/c1-3-4-8-6-12-10(11-8)9-5-7(9)2/h3-4,7-9H,5-6H2,1-2H3/b4-3+/t7-,8+,9+/m1/s1. The van der Waals surface area contributed by atoms with E-state index >= 15 is 0 Å². The van der Waals surface area contributed by atoms with Crippen molar-refractivity contribution in [3.63, 3.8) is 0 Å². The Labute approximate surface area is 78.3 Å². The minimum atomic E-state index is 0.475. The molecule has 0 bridgehead atoms. The maximum Gasteiger partial charge on any atom is 0.0783 e. The molecule has 1 fully saturated rings. The van der Waals surface area contributed by atoms with Crippen molar-refractivity contribution in [2.75, 3.05) is 5.75 Å². The lowest BCUT2D eigenvalue weighted by Gasteiger charge is -1.93. The minimum absolute atomic E-state index is 0.475. The van der Waals surface area contributed by atoms with E-state index in [-0.39, 0.29) is 0 Å². The van der Waals surface area contributed by atoms with Gasteiger partial charge in [-0.1, -0.05) is 19.1 Å². The van der Waals surface area contributed by atoms with Gasteiger partial charge in [-0.15, -0.1) is 11.8 Å². The highest BCUT2D eigenvalue weighted by molar-refractivity contribution is 8.14. The normalized spacial score (nSPS) is 40.5. The molecule has 1 saturated carbocycles. The van der Waals surface area contributed by atoms with E-state index in [0.717, 1.165) is 11.8 Å². The quantitative estimate of drug-likeness (QED) is 0.597. The second-order valence-corrected chi connectivity index (χ2v) is 4.73. The molecule has 3 atom stereocenters. The Morgan fingerprint density at radius 3 is 2.92 bits per heavy atom. The predicted octanol–water partition coefficient (Wildman–Crippen LogP) is 2.73. The van der Waals surface area contributed by atoms with Crippen LogP contribution in [0.4, 0.5) is 0 Å². The van der Waals surface area contributed by atoms with Gasteiger partial charge in [-0.25, -0.2) is 0 Å². The van der Waals surface area contributed by atoms with E-state index in [1.165, 1.54) is 17.2 Å². The van der Waals surface area contributed by atoms with E-state index in [1.807, 2.05) is 11.8 Å².